The molecule has 5 nitrogen and oxygen atoms in total. The van der Waals surface area contributed by atoms with Gasteiger partial charge in [0.25, 0.3) is 5.91 Å². The molecule has 0 saturated carbocycles. The van der Waals surface area contributed by atoms with Crippen molar-refractivity contribution < 1.29 is 14.3 Å². The fraction of sp³-hybridized carbons (Fsp3) is 0.286. The van der Waals surface area contributed by atoms with Crippen molar-refractivity contribution in [2.24, 2.45) is 0 Å². The molecule has 0 aliphatic rings. The summed E-state index contributed by atoms with van der Waals surface area (Å²) in [5, 5.41) is 5.82. The molecule has 0 fully saturated rings. The van der Waals surface area contributed by atoms with Gasteiger partial charge in [0.05, 0.1) is 6.42 Å². The molecule has 0 heterocycles. The minimum atomic E-state index is -0.619. The summed E-state index contributed by atoms with van der Waals surface area (Å²) < 4.78 is 6.13. The summed E-state index contributed by atoms with van der Waals surface area (Å²) in [6.07, 6.45) is 1.20. The van der Waals surface area contributed by atoms with Crippen LogP contribution < -0.4 is 15.4 Å². The highest BCUT2D eigenvalue weighted by Gasteiger charge is 2.21. The Balaban J connectivity index is 1.64. The second kappa shape index (κ2) is 11.9. The van der Waals surface area contributed by atoms with Gasteiger partial charge < -0.3 is 15.4 Å². The van der Waals surface area contributed by atoms with E-state index in [1.807, 2.05) is 55.5 Å². The number of para-hydroxylation sites is 1. The maximum absolute atomic E-state index is 12.9. The SMILES string of the molecule is CCC(Oc1ccccc1C(C)CC)C(=O)Nc1cccc(NC(=O)Cc2ccccc2)c1. The maximum Gasteiger partial charge on any atom is 0.265 e. The quantitative estimate of drug-likeness (QED) is 0.392. The van der Waals surface area contributed by atoms with Crippen molar-refractivity contribution in [2.75, 3.05) is 10.6 Å². The Bertz CT molecular complexity index is 1070. The van der Waals surface area contributed by atoms with Crippen molar-refractivity contribution in [3.8, 4) is 5.75 Å². The fourth-order valence-corrected chi connectivity index (χ4v) is 3.57. The van der Waals surface area contributed by atoms with Crippen LogP contribution in [0.5, 0.6) is 5.75 Å². The lowest BCUT2D eigenvalue weighted by atomic mass is 9.98. The highest BCUT2D eigenvalue weighted by molar-refractivity contribution is 5.96. The predicted molar refractivity (Wildman–Crippen MR) is 134 cm³/mol. The van der Waals surface area contributed by atoms with E-state index < -0.39 is 6.10 Å². The Labute approximate surface area is 196 Å². The number of benzene rings is 3. The number of amides is 2. The number of nitrogens with one attached hydrogen (secondary N) is 2. The van der Waals surface area contributed by atoms with Crippen molar-refractivity contribution in [1.29, 1.82) is 0 Å². The van der Waals surface area contributed by atoms with Crippen molar-refractivity contribution in [2.45, 2.75) is 52.1 Å². The summed E-state index contributed by atoms with van der Waals surface area (Å²) in [5.74, 6) is 0.763. The Hall–Kier alpha value is -3.60. The van der Waals surface area contributed by atoms with E-state index in [4.69, 9.17) is 4.74 Å². The van der Waals surface area contributed by atoms with E-state index in [0.29, 0.717) is 30.1 Å². The van der Waals surface area contributed by atoms with Crippen LogP contribution in [0, 0.1) is 0 Å². The molecule has 2 unspecified atom stereocenters. The van der Waals surface area contributed by atoms with Gasteiger partial charge in [0.2, 0.25) is 5.91 Å². The second-order valence-corrected chi connectivity index (χ2v) is 8.14. The van der Waals surface area contributed by atoms with E-state index in [0.717, 1.165) is 23.3 Å². The molecule has 3 aromatic carbocycles. The first-order chi connectivity index (χ1) is 16.0. The molecule has 0 radical (unpaired) electrons. The second-order valence-electron chi connectivity index (χ2n) is 8.14. The van der Waals surface area contributed by atoms with Gasteiger partial charge >= 0.3 is 0 Å². The number of anilines is 2. The molecule has 2 N–H and O–H groups in total. The van der Waals surface area contributed by atoms with Gasteiger partial charge in [-0.1, -0.05) is 75.4 Å². The summed E-state index contributed by atoms with van der Waals surface area (Å²) in [6, 6.07) is 24.6. The molecule has 0 aliphatic heterocycles. The third kappa shape index (κ3) is 6.94. The lowest BCUT2D eigenvalue weighted by molar-refractivity contribution is -0.122. The van der Waals surface area contributed by atoms with Crippen LogP contribution in [0.2, 0.25) is 0 Å². The monoisotopic (exact) mass is 444 g/mol. The third-order valence-electron chi connectivity index (χ3n) is 5.62. The van der Waals surface area contributed by atoms with Crippen LogP contribution in [0.1, 0.15) is 50.7 Å². The van der Waals surface area contributed by atoms with Gasteiger partial charge in [0, 0.05) is 11.4 Å². The summed E-state index contributed by atoms with van der Waals surface area (Å²) in [6.45, 7) is 6.22. The van der Waals surface area contributed by atoms with Gasteiger partial charge in [0.15, 0.2) is 6.10 Å². The predicted octanol–water partition coefficient (Wildman–Crippen LogP) is 6.18. The zero-order valence-corrected chi connectivity index (χ0v) is 19.5. The van der Waals surface area contributed by atoms with E-state index in [1.54, 1.807) is 24.3 Å². The molecule has 5 heteroatoms. The fourth-order valence-electron chi connectivity index (χ4n) is 3.57. The summed E-state index contributed by atoms with van der Waals surface area (Å²) in [7, 11) is 0. The minimum Gasteiger partial charge on any atom is -0.480 e. The number of ether oxygens (including phenoxy) is 1. The first-order valence-corrected chi connectivity index (χ1v) is 11.5. The molecule has 0 spiro atoms. The number of hydrogen-bond acceptors (Lipinski definition) is 3. The van der Waals surface area contributed by atoms with E-state index in [-0.39, 0.29) is 11.8 Å². The van der Waals surface area contributed by atoms with Crippen molar-refractivity contribution in [3.63, 3.8) is 0 Å². The molecule has 2 atom stereocenters. The molecule has 0 bridgehead atoms. The molecule has 3 rings (SSSR count). The van der Waals surface area contributed by atoms with Gasteiger partial charge in [-0.25, -0.2) is 0 Å². The van der Waals surface area contributed by atoms with Gasteiger partial charge in [-0.3, -0.25) is 9.59 Å². The lowest BCUT2D eigenvalue weighted by Crippen LogP contribution is -2.32. The van der Waals surface area contributed by atoms with E-state index in [2.05, 4.69) is 30.5 Å². The van der Waals surface area contributed by atoms with Crippen LogP contribution in [0.25, 0.3) is 0 Å². The molecule has 0 aliphatic carbocycles. The average Bonchev–Trinajstić information content (AvgIpc) is 2.83. The smallest absolute Gasteiger partial charge is 0.265 e. The summed E-state index contributed by atoms with van der Waals surface area (Å²) in [5.41, 5.74) is 3.29. The lowest BCUT2D eigenvalue weighted by Gasteiger charge is -2.21. The van der Waals surface area contributed by atoms with Gasteiger partial charge in [-0.15, -0.1) is 0 Å². The Kier molecular flexibility index (Phi) is 8.64. The molecular formula is C28H32N2O3. The number of rotatable bonds is 10. The zero-order valence-electron chi connectivity index (χ0n) is 19.5. The Morgan fingerprint density at radius 3 is 2.18 bits per heavy atom. The molecule has 33 heavy (non-hydrogen) atoms. The number of hydrogen-bond donors (Lipinski definition) is 2. The van der Waals surface area contributed by atoms with Gasteiger partial charge in [0.1, 0.15) is 5.75 Å². The van der Waals surface area contributed by atoms with Crippen molar-refractivity contribution in [3.05, 3.63) is 90.0 Å². The van der Waals surface area contributed by atoms with E-state index in [1.165, 1.54) is 0 Å². The standard InChI is InChI=1S/C28H32N2O3/c1-4-20(3)24-16-9-10-17-26(24)33-25(5-2)28(32)30-23-15-11-14-22(19-23)29-27(31)18-21-12-7-6-8-13-21/h6-17,19-20,25H,4-5,18H2,1-3H3,(H,29,31)(H,30,32). The van der Waals surface area contributed by atoms with E-state index in [9.17, 15) is 9.59 Å². The molecular weight excluding hydrogens is 412 g/mol. The molecule has 2 amide bonds. The highest BCUT2D eigenvalue weighted by Crippen LogP contribution is 2.29. The normalized spacial score (nSPS) is 12.5. The average molecular weight is 445 g/mol. The molecule has 3 aromatic rings. The topological polar surface area (TPSA) is 67.4 Å². The van der Waals surface area contributed by atoms with Crippen LogP contribution >= 0.6 is 0 Å². The third-order valence-corrected chi connectivity index (χ3v) is 5.62. The number of carbonyl (C=O) groups excluding carboxylic acids is 2. The highest BCUT2D eigenvalue weighted by atomic mass is 16.5. The summed E-state index contributed by atoms with van der Waals surface area (Å²) in [4.78, 5) is 25.3. The summed E-state index contributed by atoms with van der Waals surface area (Å²) >= 11 is 0. The van der Waals surface area contributed by atoms with Crippen LogP contribution in [0.15, 0.2) is 78.9 Å². The largest absolute Gasteiger partial charge is 0.480 e. The van der Waals surface area contributed by atoms with Crippen LogP contribution in [-0.4, -0.2) is 17.9 Å². The molecule has 172 valence electrons. The van der Waals surface area contributed by atoms with Crippen molar-refractivity contribution in [1.82, 2.24) is 0 Å². The maximum atomic E-state index is 12.9. The first-order valence-electron chi connectivity index (χ1n) is 11.5. The molecule has 0 aromatic heterocycles. The van der Waals surface area contributed by atoms with Crippen LogP contribution in [0.4, 0.5) is 11.4 Å². The van der Waals surface area contributed by atoms with E-state index >= 15 is 0 Å². The Morgan fingerprint density at radius 1 is 0.818 bits per heavy atom. The van der Waals surface area contributed by atoms with Gasteiger partial charge in [-0.2, -0.15) is 0 Å². The zero-order chi connectivity index (χ0) is 23.6. The van der Waals surface area contributed by atoms with Crippen LogP contribution in [0.3, 0.4) is 0 Å². The Morgan fingerprint density at radius 2 is 1.48 bits per heavy atom. The number of carbonyl (C=O) groups is 2. The molecule has 0 saturated heterocycles. The first kappa shape index (κ1) is 24.1. The van der Waals surface area contributed by atoms with Crippen LogP contribution in [-0.2, 0) is 16.0 Å². The minimum absolute atomic E-state index is 0.110. The van der Waals surface area contributed by atoms with Gasteiger partial charge in [-0.05, 0) is 54.2 Å². The van der Waals surface area contributed by atoms with Crippen molar-refractivity contribution >= 4 is 23.2 Å².